The average Bonchev–Trinajstić information content (AvgIpc) is 2.62. The van der Waals surface area contributed by atoms with E-state index in [0.29, 0.717) is 17.5 Å². The maximum Gasteiger partial charge on any atom is 0.224 e. The third-order valence-corrected chi connectivity index (χ3v) is 4.81. The van der Waals surface area contributed by atoms with Gasteiger partial charge in [0.25, 0.3) is 0 Å². The molecule has 1 N–H and O–H groups in total. The number of methoxy groups -OCH3 is 2. The smallest absolute Gasteiger partial charge is 0.224 e. The first-order chi connectivity index (χ1) is 12.1. The molecule has 0 saturated carbocycles. The predicted molar refractivity (Wildman–Crippen MR) is 101 cm³/mol. The van der Waals surface area contributed by atoms with Crippen molar-refractivity contribution in [2.45, 2.75) is 32.2 Å². The summed E-state index contributed by atoms with van der Waals surface area (Å²) in [6, 6.07) is 4.12. The number of hydrogen-bond acceptors (Lipinski definition) is 6. The molecule has 1 aromatic carbocycles. The number of likely N-dealkylation sites (tertiary alicyclic amines) is 1. The second kappa shape index (κ2) is 8.06. The van der Waals surface area contributed by atoms with Crippen LogP contribution in [0.1, 0.15) is 26.2 Å². The van der Waals surface area contributed by atoms with Crippen LogP contribution in [0.15, 0.2) is 12.1 Å². The lowest BCUT2D eigenvalue weighted by atomic mass is 10.0. The summed E-state index contributed by atoms with van der Waals surface area (Å²) in [5.74, 6) is 2.04. The lowest BCUT2D eigenvalue weighted by Gasteiger charge is -2.32. The van der Waals surface area contributed by atoms with Gasteiger partial charge in [0.1, 0.15) is 5.82 Å². The topological polar surface area (TPSA) is 59.5 Å². The van der Waals surface area contributed by atoms with E-state index in [1.165, 1.54) is 13.0 Å². The number of nitrogens with one attached hydrogen (secondary N) is 1. The van der Waals surface area contributed by atoms with Crippen LogP contribution in [0, 0.1) is 0 Å². The van der Waals surface area contributed by atoms with Gasteiger partial charge in [-0.1, -0.05) is 6.92 Å². The van der Waals surface area contributed by atoms with Crippen LogP contribution in [-0.4, -0.2) is 54.8 Å². The first-order valence-electron chi connectivity index (χ1n) is 8.72. The first-order valence-corrected chi connectivity index (χ1v) is 9.10. The van der Waals surface area contributed by atoms with Gasteiger partial charge in [-0.3, -0.25) is 0 Å². The number of benzene rings is 1. The monoisotopic (exact) mass is 364 g/mol. The highest BCUT2D eigenvalue weighted by Crippen LogP contribution is 2.35. The van der Waals surface area contributed by atoms with Gasteiger partial charge >= 0.3 is 0 Å². The molecule has 1 aliphatic heterocycles. The number of halogens is 1. The Morgan fingerprint density at radius 1 is 1.16 bits per heavy atom. The van der Waals surface area contributed by atoms with Gasteiger partial charge in [-0.15, -0.1) is 0 Å². The van der Waals surface area contributed by atoms with Crippen molar-refractivity contribution in [2.24, 2.45) is 0 Å². The number of anilines is 1. The summed E-state index contributed by atoms with van der Waals surface area (Å²) >= 11 is 6.13. The molecule has 0 radical (unpaired) electrons. The molecule has 0 unspecified atom stereocenters. The molecule has 2 aromatic rings. The zero-order chi connectivity index (χ0) is 17.8. The Morgan fingerprint density at radius 3 is 2.48 bits per heavy atom. The van der Waals surface area contributed by atoms with Gasteiger partial charge in [0.2, 0.25) is 5.28 Å². The van der Waals surface area contributed by atoms with E-state index in [0.717, 1.165) is 42.7 Å². The van der Waals surface area contributed by atoms with E-state index in [-0.39, 0.29) is 5.28 Å². The van der Waals surface area contributed by atoms with E-state index in [9.17, 15) is 0 Å². The Morgan fingerprint density at radius 2 is 1.84 bits per heavy atom. The van der Waals surface area contributed by atoms with E-state index < -0.39 is 0 Å². The second-order valence-electron chi connectivity index (χ2n) is 6.33. The highest BCUT2D eigenvalue weighted by atomic mass is 35.5. The number of fused-ring (bicyclic) bond motifs is 1. The Labute approximate surface area is 153 Å². The Kier molecular flexibility index (Phi) is 5.81. The van der Waals surface area contributed by atoms with Crippen LogP contribution in [0.3, 0.4) is 0 Å². The van der Waals surface area contributed by atoms with Crippen LogP contribution in [0.4, 0.5) is 5.82 Å². The first kappa shape index (κ1) is 18.0. The van der Waals surface area contributed by atoms with E-state index in [2.05, 4.69) is 27.1 Å². The van der Waals surface area contributed by atoms with E-state index >= 15 is 0 Å². The predicted octanol–water partition coefficient (Wildman–Crippen LogP) is 3.59. The number of nitrogens with zero attached hydrogens (tertiary/aromatic N) is 3. The molecule has 2 heterocycles. The minimum Gasteiger partial charge on any atom is -0.493 e. The highest BCUT2D eigenvalue weighted by Gasteiger charge is 2.20. The van der Waals surface area contributed by atoms with Crippen LogP contribution in [-0.2, 0) is 0 Å². The van der Waals surface area contributed by atoms with Crippen molar-refractivity contribution in [3.05, 3.63) is 17.4 Å². The standard InChI is InChI=1S/C18H25ClN4O2/c1-4-7-23-8-5-12(6-9-23)20-17-13-10-15(24-2)16(25-3)11-14(13)21-18(19)22-17/h10-12H,4-9H2,1-3H3,(H,20,21,22). The molecule has 0 spiro atoms. The molecule has 0 bridgehead atoms. The van der Waals surface area contributed by atoms with Gasteiger partial charge in [-0.05, 0) is 43.5 Å². The number of hydrogen-bond donors (Lipinski definition) is 1. The summed E-state index contributed by atoms with van der Waals surface area (Å²) < 4.78 is 10.8. The summed E-state index contributed by atoms with van der Waals surface area (Å²) in [6.45, 7) is 5.62. The molecular formula is C18H25ClN4O2. The van der Waals surface area contributed by atoms with Gasteiger partial charge in [0, 0.05) is 30.6 Å². The Bertz CT molecular complexity index is 733. The fourth-order valence-corrected chi connectivity index (χ4v) is 3.52. The summed E-state index contributed by atoms with van der Waals surface area (Å²) in [4.78, 5) is 11.2. The highest BCUT2D eigenvalue weighted by molar-refractivity contribution is 6.28. The largest absolute Gasteiger partial charge is 0.493 e. The SMILES string of the molecule is CCCN1CCC(Nc2nc(Cl)nc3cc(OC)c(OC)cc23)CC1. The molecule has 0 amide bonds. The van der Waals surface area contributed by atoms with Crippen LogP contribution in [0.5, 0.6) is 11.5 Å². The molecular weight excluding hydrogens is 340 g/mol. The fraction of sp³-hybridized carbons (Fsp3) is 0.556. The lowest BCUT2D eigenvalue weighted by Crippen LogP contribution is -2.39. The number of piperidine rings is 1. The zero-order valence-electron chi connectivity index (χ0n) is 15.0. The summed E-state index contributed by atoms with van der Waals surface area (Å²) in [5, 5.41) is 4.67. The summed E-state index contributed by atoms with van der Waals surface area (Å²) in [6.07, 6.45) is 3.39. The molecule has 3 rings (SSSR count). The van der Waals surface area contributed by atoms with Crippen molar-refractivity contribution in [1.82, 2.24) is 14.9 Å². The Hall–Kier alpha value is -1.79. The minimum absolute atomic E-state index is 0.227. The molecule has 1 fully saturated rings. The number of aromatic nitrogens is 2. The van der Waals surface area contributed by atoms with Crippen LogP contribution in [0.2, 0.25) is 5.28 Å². The molecule has 25 heavy (non-hydrogen) atoms. The molecule has 0 aliphatic carbocycles. The third kappa shape index (κ3) is 4.07. The second-order valence-corrected chi connectivity index (χ2v) is 6.66. The maximum atomic E-state index is 6.13. The third-order valence-electron chi connectivity index (χ3n) is 4.64. The quantitative estimate of drug-likeness (QED) is 0.790. The van der Waals surface area contributed by atoms with Gasteiger partial charge in [-0.25, -0.2) is 9.97 Å². The van der Waals surface area contributed by atoms with Crippen molar-refractivity contribution < 1.29 is 9.47 Å². The lowest BCUT2D eigenvalue weighted by molar-refractivity contribution is 0.219. The van der Waals surface area contributed by atoms with Crippen molar-refractivity contribution in [3.63, 3.8) is 0 Å². The van der Waals surface area contributed by atoms with E-state index in [4.69, 9.17) is 21.1 Å². The number of rotatable bonds is 6. The van der Waals surface area contributed by atoms with Crippen LogP contribution >= 0.6 is 11.6 Å². The van der Waals surface area contributed by atoms with Crippen molar-refractivity contribution >= 4 is 28.3 Å². The molecule has 6 nitrogen and oxygen atoms in total. The zero-order valence-corrected chi connectivity index (χ0v) is 15.8. The minimum atomic E-state index is 0.227. The Balaban J connectivity index is 1.86. The summed E-state index contributed by atoms with van der Waals surface area (Å²) in [7, 11) is 3.23. The van der Waals surface area contributed by atoms with Gasteiger partial charge in [-0.2, -0.15) is 0 Å². The maximum absolute atomic E-state index is 6.13. The fourth-order valence-electron chi connectivity index (χ4n) is 3.35. The van der Waals surface area contributed by atoms with Gasteiger partial charge < -0.3 is 19.7 Å². The van der Waals surface area contributed by atoms with Crippen molar-refractivity contribution in [2.75, 3.05) is 39.2 Å². The molecule has 1 aromatic heterocycles. The van der Waals surface area contributed by atoms with Crippen LogP contribution in [0.25, 0.3) is 10.9 Å². The molecule has 0 atom stereocenters. The van der Waals surface area contributed by atoms with E-state index in [1.54, 1.807) is 14.2 Å². The molecule has 136 valence electrons. The average molecular weight is 365 g/mol. The molecule has 1 aliphatic rings. The summed E-state index contributed by atoms with van der Waals surface area (Å²) in [5.41, 5.74) is 0.739. The number of ether oxygens (including phenoxy) is 2. The van der Waals surface area contributed by atoms with Gasteiger partial charge in [0.15, 0.2) is 11.5 Å². The van der Waals surface area contributed by atoms with Crippen LogP contribution < -0.4 is 14.8 Å². The van der Waals surface area contributed by atoms with Crippen molar-refractivity contribution in [1.29, 1.82) is 0 Å². The van der Waals surface area contributed by atoms with Gasteiger partial charge in [0.05, 0.1) is 19.7 Å². The molecule has 1 saturated heterocycles. The van der Waals surface area contributed by atoms with E-state index in [1.807, 2.05) is 12.1 Å². The van der Waals surface area contributed by atoms with Crippen molar-refractivity contribution in [3.8, 4) is 11.5 Å². The molecule has 7 heteroatoms. The normalized spacial score (nSPS) is 16.2.